The average Bonchev–Trinajstić information content (AvgIpc) is 2.96. The molecule has 0 aliphatic rings. The van der Waals surface area contributed by atoms with Crippen LogP contribution in [0.15, 0.2) is 91.0 Å². The van der Waals surface area contributed by atoms with Crippen molar-refractivity contribution in [2.75, 3.05) is 19.8 Å². The SMILES string of the molecule is C=C(C)C(=O)OCCc1cc(-c2ccc3cc(-c4ccc(CCCCC)cc4)ccc3c2)ccc1OCCO. The Morgan fingerprint density at radius 3 is 2.03 bits per heavy atom. The van der Waals surface area contributed by atoms with Crippen molar-refractivity contribution < 1.29 is 19.4 Å². The van der Waals surface area contributed by atoms with E-state index in [0.717, 1.165) is 23.1 Å². The molecule has 0 radical (unpaired) electrons. The molecule has 4 aromatic rings. The minimum atomic E-state index is -0.402. The molecular weight excluding hydrogens is 484 g/mol. The Kier molecular flexibility index (Phi) is 9.93. The van der Waals surface area contributed by atoms with Gasteiger partial charge in [-0.05, 0) is 88.2 Å². The number of hydrogen-bond donors (Lipinski definition) is 1. The van der Waals surface area contributed by atoms with Crippen molar-refractivity contribution in [1.29, 1.82) is 0 Å². The summed E-state index contributed by atoms with van der Waals surface area (Å²) in [6.45, 7) is 7.86. The molecule has 0 heterocycles. The lowest BCUT2D eigenvalue weighted by molar-refractivity contribution is -0.138. The van der Waals surface area contributed by atoms with Crippen LogP contribution in [0, 0.1) is 0 Å². The van der Waals surface area contributed by atoms with E-state index in [9.17, 15) is 9.90 Å². The number of carbonyl (C=O) groups is 1. The van der Waals surface area contributed by atoms with Crippen LogP contribution in [0.5, 0.6) is 5.75 Å². The Hall–Kier alpha value is -3.89. The molecule has 0 bridgehead atoms. The van der Waals surface area contributed by atoms with Gasteiger partial charge in [0.05, 0.1) is 13.2 Å². The maximum absolute atomic E-state index is 11.8. The Morgan fingerprint density at radius 1 is 0.769 bits per heavy atom. The molecule has 0 aromatic heterocycles. The first-order valence-corrected chi connectivity index (χ1v) is 13.8. The molecule has 0 aliphatic carbocycles. The number of ether oxygens (including phenoxy) is 2. The number of aliphatic hydroxyl groups is 1. The highest BCUT2D eigenvalue weighted by Gasteiger charge is 2.10. The lowest BCUT2D eigenvalue weighted by Gasteiger charge is -2.14. The van der Waals surface area contributed by atoms with Gasteiger partial charge < -0.3 is 14.6 Å². The Labute approximate surface area is 231 Å². The molecule has 0 spiro atoms. The van der Waals surface area contributed by atoms with Gasteiger partial charge in [-0.2, -0.15) is 0 Å². The highest BCUT2D eigenvalue weighted by Crippen LogP contribution is 2.31. The van der Waals surface area contributed by atoms with Crippen LogP contribution in [0.3, 0.4) is 0 Å². The van der Waals surface area contributed by atoms with Gasteiger partial charge in [0.2, 0.25) is 0 Å². The van der Waals surface area contributed by atoms with Gasteiger partial charge in [0.1, 0.15) is 12.4 Å². The zero-order chi connectivity index (χ0) is 27.6. The molecule has 0 saturated carbocycles. The van der Waals surface area contributed by atoms with Gasteiger partial charge in [-0.25, -0.2) is 4.79 Å². The van der Waals surface area contributed by atoms with Crippen molar-refractivity contribution in [3.63, 3.8) is 0 Å². The molecule has 0 unspecified atom stereocenters. The number of aliphatic hydroxyl groups excluding tert-OH is 1. The first-order valence-electron chi connectivity index (χ1n) is 13.8. The quantitative estimate of drug-likeness (QED) is 0.110. The van der Waals surface area contributed by atoms with Crippen molar-refractivity contribution >= 4 is 16.7 Å². The van der Waals surface area contributed by atoms with Crippen LogP contribution >= 0.6 is 0 Å². The molecule has 0 amide bonds. The first-order chi connectivity index (χ1) is 19.0. The number of carbonyl (C=O) groups excluding carboxylic acids is 1. The molecule has 0 atom stereocenters. The Bertz CT molecular complexity index is 1420. The molecule has 0 aliphatic heterocycles. The summed E-state index contributed by atoms with van der Waals surface area (Å²) >= 11 is 0. The fourth-order valence-electron chi connectivity index (χ4n) is 4.68. The topological polar surface area (TPSA) is 55.8 Å². The second kappa shape index (κ2) is 13.8. The van der Waals surface area contributed by atoms with Crippen LogP contribution in [0.2, 0.25) is 0 Å². The van der Waals surface area contributed by atoms with Crippen molar-refractivity contribution in [2.24, 2.45) is 0 Å². The van der Waals surface area contributed by atoms with E-state index in [1.54, 1.807) is 6.92 Å². The molecular formula is C35H38O4. The van der Waals surface area contributed by atoms with Crippen LogP contribution in [-0.2, 0) is 22.4 Å². The maximum Gasteiger partial charge on any atom is 0.333 e. The van der Waals surface area contributed by atoms with Gasteiger partial charge in [-0.3, -0.25) is 0 Å². The number of benzene rings is 4. The van der Waals surface area contributed by atoms with Gasteiger partial charge in [0, 0.05) is 12.0 Å². The molecule has 4 aromatic carbocycles. The number of aryl methyl sites for hydroxylation is 1. The molecule has 1 N–H and O–H groups in total. The largest absolute Gasteiger partial charge is 0.491 e. The van der Waals surface area contributed by atoms with E-state index in [1.807, 2.05) is 12.1 Å². The van der Waals surface area contributed by atoms with Crippen LogP contribution in [-0.4, -0.2) is 30.9 Å². The van der Waals surface area contributed by atoms with Crippen LogP contribution in [0.25, 0.3) is 33.0 Å². The highest BCUT2D eigenvalue weighted by molar-refractivity contribution is 5.91. The summed E-state index contributed by atoms with van der Waals surface area (Å²) in [6.07, 6.45) is 5.42. The Balaban J connectivity index is 1.54. The third-order valence-electron chi connectivity index (χ3n) is 6.89. The summed E-state index contributed by atoms with van der Waals surface area (Å²) in [4.78, 5) is 11.8. The molecule has 0 fully saturated rings. The summed E-state index contributed by atoms with van der Waals surface area (Å²) < 4.78 is 11.0. The lowest BCUT2D eigenvalue weighted by Crippen LogP contribution is -2.10. The van der Waals surface area contributed by atoms with Crippen LogP contribution in [0.4, 0.5) is 0 Å². The minimum absolute atomic E-state index is 0.0679. The van der Waals surface area contributed by atoms with Gasteiger partial charge in [0.15, 0.2) is 0 Å². The van der Waals surface area contributed by atoms with Crippen molar-refractivity contribution in [1.82, 2.24) is 0 Å². The zero-order valence-electron chi connectivity index (χ0n) is 23.0. The predicted molar refractivity (Wildman–Crippen MR) is 160 cm³/mol. The van der Waals surface area contributed by atoms with E-state index in [4.69, 9.17) is 9.47 Å². The summed E-state index contributed by atoms with van der Waals surface area (Å²) in [6, 6.07) is 28.1. The summed E-state index contributed by atoms with van der Waals surface area (Å²) in [7, 11) is 0. The Morgan fingerprint density at radius 2 is 1.38 bits per heavy atom. The summed E-state index contributed by atoms with van der Waals surface area (Å²) in [5.41, 5.74) is 7.29. The molecule has 4 rings (SSSR count). The number of esters is 1. The fourth-order valence-corrected chi connectivity index (χ4v) is 4.68. The van der Waals surface area contributed by atoms with E-state index in [0.29, 0.717) is 17.7 Å². The number of unbranched alkanes of at least 4 members (excludes halogenated alkanes) is 2. The third kappa shape index (κ3) is 7.58. The number of rotatable bonds is 13. The van der Waals surface area contributed by atoms with Gasteiger partial charge in [-0.1, -0.05) is 80.9 Å². The smallest absolute Gasteiger partial charge is 0.333 e. The van der Waals surface area contributed by atoms with Crippen molar-refractivity contribution in [3.8, 4) is 28.0 Å². The van der Waals surface area contributed by atoms with Gasteiger partial charge in [0.25, 0.3) is 0 Å². The fraction of sp³-hybridized carbons (Fsp3) is 0.286. The van der Waals surface area contributed by atoms with E-state index < -0.39 is 5.97 Å². The van der Waals surface area contributed by atoms with E-state index in [-0.39, 0.29) is 19.8 Å². The average molecular weight is 523 g/mol. The van der Waals surface area contributed by atoms with Crippen molar-refractivity contribution in [3.05, 3.63) is 102 Å². The predicted octanol–water partition coefficient (Wildman–Crippen LogP) is 7.94. The second-order valence-corrected chi connectivity index (χ2v) is 9.99. The van der Waals surface area contributed by atoms with Crippen LogP contribution < -0.4 is 4.74 Å². The van der Waals surface area contributed by atoms with Gasteiger partial charge in [-0.15, -0.1) is 0 Å². The minimum Gasteiger partial charge on any atom is -0.491 e. The normalized spacial score (nSPS) is 10.9. The first kappa shape index (κ1) is 28.1. The van der Waals surface area contributed by atoms with Crippen molar-refractivity contribution in [2.45, 2.75) is 46.0 Å². The van der Waals surface area contributed by atoms with Crippen LogP contribution in [0.1, 0.15) is 44.2 Å². The monoisotopic (exact) mass is 522 g/mol. The van der Waals surface area contributed by atoms with Gasteiger partial charge >= 0.3 is 5.97 Å². The molecule has 0 saturated heterocycles. The summed E-state index contributed by atoms with van der Waals surface area (Å²) in [5.74, 6) is 0.279. The number of hydrogen-bond acceptors (Lipinski definition) is 4. The third-order valence-corrected chi connectivity index (χ3v) is 6.89. The molecule has 39 heavy (non-hydrogen) atoms. The van der Waals surface area contributed by atoms with E-state index >= 15 is 0 Å². The second-order valence-electron chi connectivity index (χ2n) is 9.99. The molecule has 202 valence electrons. The van der Waals surface area contributed by atoms with E-state index in [2.05, 4.69) is 80.2 Å². The zero-order valence-corrected chi connectivity index (χ0v) is 23.0. The van der Waals surface area contributed by atoms with E-state index in [1.165, 1.54) is 46.7 Å². The highest BCUT2D eigenvalue weighted by atomic mass is 16.5. The lowest BCUT2D eigenvalue weighted by atomic mass is 9.96. The molecule has 4 heteroatoms. The summed E-state index contributed by atoms with van der Waals surface area (Å²) in [5, 5.41) is 11.6. The number of fused-ring (bicyclic) bond motifs is 1. The molecule has 4 nitrogen and oxygen atoms in total. The standard InChI is InChI=1S/C35H38O4/c1-4-5-6-7-26-8-10-27(11-9-26)28-12-13-30-23-31(15-14-29(30)22-28)32-16-17-34(38-21-19-36)33(24-32)18-20-39-35(37)25(2)3/h8-17,22-24,36H,2,4-7,18-21H2,1,3H3. The maximum atomic E-state index is 11.8.